The average molecular weight is 274 g/mol. The van der Waals surface area contributed by atoms with Gasteiger partial charge >= 0.3 is 0 Å². The molecule has 0 saturated heterocycles. The molecule has 1 aromatic carbocycles. The van der Waals surface area contributed by atoms with Crippen molar-refractivity contribution in [1.29, 1.82) is 0 Å². The first-order valence-electron chi connectivity index (χ1n) is 8.32. The van der Waals surface area contributed by atoms with Gasteiger partial charge in [-0.3, -0.25) is 4.90 Å². The predicted octanol–water partition coefficient (Wildman–Crippen LogP) is 3.59. The van der Waals surface area contributed by atoms with E-state index in [-0.39, 0.29) is 0 Å². The van der Waals surface area contributed by atoms with Gasteiger partial charge in [0.05, 0.1) is 0 Å². The van der Waals surface area contributed by atoms with Crippen molar-refractivity contribution in [3.8, 4) is 0 Å². The minimum atomic E-state index is 0.833. The van der Waals surface area contributed by atoms with Gasteiger partial charge in [0, 0.05) is 6.54 Å². The molecule has 1 aliphatic heterocycles. The molecule has 0 bridgehead atoms. The molecule has 112 valence electrons. The lowest BCUT2D eigenvalue weighted by Crippen LogP contribution is -2.25. The lowest BCUT2D eigenvalue weighted by Gasteiger charge is -2.22. The summed E-state index contributed by atoms with van der Waals surface area (Å²) < 4.78 is 0. The Kier molecular flexibility index (Phi) is 6.55. The summed E-state index contributed by atoms with van der Waals surface area (Å²) in [6.45, 7) is 6.78. The Balaban J connectivity index is 1.79. The second-order valence-corrected chi connectivity index (χ2v) is 6.14. The standard InChI is InChI=1S/C18H30N2/c1-2-16(11-12-19)7-5-13-20-14-6-10-17-8-3-4-9-18(17)15-20/h3-4,8-9,16H,2,5-7,10-15,19H2,1H3. The monoisotopic (exact) mass is 274 g/mol. The summed E-state index contributed by atoms with van der Waals surface area (Å²) in [5.74, 6) is 0.833. The van der Waals surface area contributed by atoms with Crippen molar-refractivity contribution in [2.24, 2.45) is 11.7 Å². The van der Waals surface area contributed by atoms with E-state index >= 15 is 0 Å². The van der Waals surface area contributed by atoms with Crippen molar-refractivity contribution < 1.29 is 0 Å². The molecule has 0 amide bonds. The third-order valence-electron chi connectivity index (χ3n) is 4.67. The van der Waals surface area contributed by atoms with Crippen LogP contribution in [0.15, 0.2) is 24.3 Å². The first-order chi connectivity index (χ1) is 9.83. The Morgan fingerprint density at radius 2 is 2.00 bits per heavy atom. The topological polar surface area (TPSA) is 29.3 Å². The summed E-state index contributed by atoms with van der Waals surface area (Å²) in [5, 5.41) is 0. The fourth-order valence-electron chi connectivity index (χ4n) is 3.35. The van der Waals surface area contributed by atoms with Gasteiger partial charge in [0.15, 0.2) is 0 Å². The number of nitrogens with zero attached hydrogens (tertiary/aromatic N) is 1. The smallest absolute Gasteiger partial charge is 0.0236 e. The third-order valence-corrected chi connectivity index (χ3v) is 4.67. The summed E-state index contributed by atoms with van der Waals surface area (Å²) in [6.07, 6.45) is 7.68. The normalized spacial score (nSPS) is 17.5. The van der Waals surface area contributed by atoms with Gasteiger partial charge in [0.1, 0.15) is 0 Å². The van der Waals surface area contributed by atoms with E-state index in [4.69, 9.17) is 5.73 Å². The minimum Gasteiger partial charge on any atom is -0.330 e. The van der Waals surface area contributed by atoms with Crippen LogP contribution in [0.4, 0.5) is 0 Å². The molecule has 0 aromatic heterocycles. The Labute approximate surface area is 124 Å². The van der Waals surface area contributed by atoms with E-state index in [9.17, 15) is 0 Å². The zero-order valence-corrected chi connectivity index (χ0v) is 13.0. The minimum absolute atomic E-state index is 0.833. The predicted molar refractivity (Wildman–Crippen MR) is 86.7 cm³/mol. The quantitative estimate of drug-likeness (QED) is 0.823. The number of hydrogen-bond donors (Lipinski definition) is 1. The highest BCUT2D eigenvalue weighted by Gasteiger charge is 2.14. The van der Waals surface area contributed by atoms with Gasteiger partial charge in [-0.25, -0.2) is 0 Å². The van der Waals surface area contributed by atoms with Crippen LogP contribution in [0.3, 0.4) is 0 Å². The van der Waals surface area contributed by atoms with Crippen LogP contribution in [0, 0.1) is 5.92 Å². The van der Waals surface area contributed by atoms with Crippen molar-refractivity contribution in [2.75, 3.05) is 19.6 Å². The Morgan fingerprint density at radius 1 is 1.20 bits per heavy atom. The van der Waals surface area contributed by atoms with E-state index in [0.29, 0.717) is 0 Å². The van der Waals surface area contributed by atoms with Gasteiger partial charge in [-0.15, -0.1) is 0 Å². The molecule has 1 atom stereocenters. The SMILES string of the molecule is CCC(CCN)CCCN1CCCc2ccccc2C1. The number of fused-ring (bicyclic) bond motifs is 1. The van der Waals surface area contributed by atoms with Crippen molar-refractivity contribution >= 4 is 0 Å². The number of rotatable bonds is 7. The molecule has 0 aliphatic carbocycles. The maximum atomic E-state index is 5.68. The van der Waals surface area contributed by atoms with Crippen LogP contribution in [0.5, 0.6) is 0 Å². The molecular formula is C18H30N2. The van der Waals surface area contributed by atoms with Gasteiger partial charge in [0.2, 0.25) is 0 Å². The first kappa shape index (κ1) is 15.5. The fraction of sp³-hybridized carbons (Fsp3) is 0.667. The van der Waals surface area contributed by atoms with Gasteiger partial charge in [0.25, 0.3) is 0 Å². The molecule has 2 rings (SSSR count). The molecule has 0 fully saturated rings. The van der Waals surface area contributed by atoms with Crippen molar-refractivity contribution in [3.05, 3.63) is 35.4 Å². The zero-order valence-electron chi connectivity index (χ0n) is 13.0. The molecule has 1 aliphatic rings. The van der Waals surface area contributed by atoms with Gasteiger partial charge in [-0.05, 0) is 68.8 Å². The van der Waals surface area contributed by atoms with E-state index in [1.54, 1.807) is 11.1 Å². The summed E-state index contributed by atoms with van der Waals surface area (Å²) in [4.78, 5) is 2.64. The van der Waals surface area contributed by atoms with Gasteiger partial charge in [-0.2, -0.15) is 0 Å². The molecule has 0 radical (unpaired) electrons. The van der Waals surface area contributed by atoms with Crippen LogP contribution in [0.2, 0.25) is 0 Å². The third kappa shape index (κ3) is 4.60. The van der Waals surface area contributed by atoms with Crippen molar-refractivity contribution in [3.63, 3.8) is 0 Å². The van der Waals surface area contributed by atoms with E-state index in [2.05, 4.69) is 36.1 Å². The molecule has 1 unspecified atom stereocenters. The van der Waals surface area contributed by atoms with Crippen LogP contribution in [0.1, 0.15) is 50.2 Å². The maximum absolute atomic E-state index is 5.68. The van der Waals surface area contributed by atoms with E-state index < -0.39 is 0 Å². The molecule has 2 heteroatoms. The second-order valence-electron chi connectivity index (χ2n) is 6.14. The van der Waals surface area contributed by atoms with E-state index in [1.807, 2.05) is 0 Å². The highest BCUT2D eigenvalue weighted by molar-refractivity contribution is 5.27. The number of benzene rings is 1. The fourth-order valence-corrected chi connectivity index (χ4v) is 3.35. The number of nitrogens with two attached hydrogens (primary N) is 1. The summed E-state index contributed by atoms with van der Waals surface area (Å²) in [5.41, 5.74) is 8.78. The average Bonchev–Trinajstić information content (AvgIpc) is 2.68. The molecule has 0 spiro atoms. The van der Waals surface area contributed by atoms with E-state index in [1.165, 1.54) is 51.6 Å². The highest BCUT2D eigenvalue weighted by Crippen LogP contribution is 2.20. The molecule has 0 saturated carbocycles. The number of hydrogen-bond acceptors (Lipinski definition) is 2. The maximum Gasteiger partial charge on any atom is 0.0236 e. The van der Waals surface area contributed by atoms with Crippen LogP contribution in [0.25, 0.3) is 0 Å². The lowest BCUT2D eigenvalue weighted by atomic mass is 9.96. The summed E-state index contributed by atoms with van der Waals surface area (Å²) in [6, 6.07) is 8.95. The van der Waals surface area contributed by atoms with Crippen LogP contribution < -0.4 is 5.73 Å². The molecular weight excluding hydrogens is 244 g/mol. The molecule has 2 nitrogen and oxygen atoms in total. The molecule has 1 heterocycles. The number of aryl methyl sites for hydroxylation is 1. The molecule has 20 heavy (non-hydrogen) atoms. The van der Waals surface area contributed by atoms with Crippen molar-refractivity contribution in [2.45, 2.75) is 52.0 Å². The lowest BCUT2D eigenvalue weighted by molar-refractivity contribution is 0.254. The zero-order chi connectivity index (χ0) is 14.2. The first-order valence-corrected chi connectivity index (χ1v) is 8.32. The van der Waals surface area contributed by atoms with Crippen molar-refractivity contribution in [1.82, 2.24) is 4.90 Å². The summed E-state index contributed by atoms with van der Waals surface area (Å²) in [7, 11) is 0. The Morgan fingerprint density at radius 3 is 2.75 bits per heavy atom. The Bertz CT molecular complexity index is 389. The second kappa shape index (κ2) is 8.43. The van der Waals surface area contributed by atoms with E-state index in [0.717, 1.165) is 19.0 Å². The van der Waals surface area contributed by atoms with Crippen LogP contribution in [-0.2, 0) is 13.0 Å². The highest BCUT2D eigenvalue weighted by atomic mass is 15.1. The van der Waals surface area contributed by atoms with Gasteiger partial charge in [-0.1, -0.05) is 37.6 Å². The molecule has 1 aromatic rings. The van der Waals surface area contributed by atoms with Gasteiger partial charge < -0.3 is 5.73 Å². The Hall–Kier alpha value is -0.860. The largest absolute Gasteiger partial charge is 0.330 e. The summed E-state index contributed by atoms with van der Waals surface area (Å²) >= 11 is 0. The van der Waals surface area contributed by atoms with Crippen LogP contribution >= 0.6 is 0 Å². The molecule has 2 N–H and O–H groups in total. The van der Waals surface area contributed by atoms with Crippen LogP contribution in [-0.4, -0.2) is 24.5 Å².